The van der Waals surface area contributed by atoms with Gasteiger partial charge in [0.2, 0.25) is 5.91 Å². The summed E-state index contributed by atoms with van der Waals surface area (Å²) in [5.41, 5.74) is 5.38. The molecule has 1 heterocycles. The minimum atomic E-state index is -0.466. The lowest BCUT2D eigenvalue weighted by molar-refractivity contribution is -0.384. The molecule has 26 heavy (non-hydrogen) atoms. The van der Waals surface area contributed by atoms with Crippen molar-refractivity contribution in [1.82, 2.24) is 20.4 Å². The van der Waals surface area contributed by atoms with Gasteiger partial charge < -0.3 is 0 Å². The summed E-state index contributed by atoms with van der Waals surface area (Å²) >= 11 is 0. The van der Waals surface area contributed by atoms with Gasteiger partial charge in [-0.05, 0) is 36.8 Å². The molecule has 0 saturated heterocycles. The van der Waals surface area contributed by atoms with E-state index in [2.05, 4.69) is 20.8 Å². The topological polar surface area (TPSA) is 115 Å². The fourth-order valence-corrected chi connectivity index (χ4v) is 2.38. The van der Waals surface area contributed by atoms with E-state index < -0.39 is 4.92 Å². The fourth-order valence-electron chi connectivity index (χ4n) is 2.38. The van der Waals surface area contributed by atoms with Crippen molar-refractivity contribution in [3.05, 3.63) is 64.2 Å². The van der Waals surface area contributed by atoms with E-state index in [0.29, 0.717) is 17.8 Å². The molecule has 9 heteroatoms. The maximum absolute atomic E-state index is 12.0. The van der Waals surface area contributed by atoms with Crippen LogP contribution in [0, 0.1) is 10.1 Å². The SMILES string of the molecule is C/C(=N\NC(=O)CCn1nnc2ccccc21)c1ccc([N+](=O)[O-])cc1. The molecular formula is C17H16N6O3. The van der Waals surface area contributed by atoms with E-state index >= 15 is 0 Å². The zero-order valence-electron chi connectivity index (χ0n) is 14.0. The Balaban J connectivity index is 1.57. The Morgan fingerprint density at radius 3 is 2.69 bits per heavy atom. The minimum absolute atomic E-state index is 0.00523. The van der Waals surface area contributed by atoms with Crippen LogP contribution >= 0.6 is 0 Å². The number of carbonyl (C=O) groups excluding carboxylic acids is 1. The van der Waals surface area contributed by atoms with Crippen LogP contribution in [0.25, 0.3) is 11.0 Å². The van der Waals surface area contributed by atoms with E-state index in [1.54, 1.807) is 23.7 Å². The second-order valence-corrected chi connectivity index (χ2v) is 5.59. The van der Waals surface area contributed by atoms with Crippen molar-refractivity contribution in [3.8, 4) is 0 Å². The van der Waals surface area contributed by atoms with Crippen LogP contribution in [0.1, 0.15) is 18.9 Å². The van der Waals surface area contributed by atoms with E-state index in [4.69, 9.17) is 0 Å². The Labute approximate surface area is 148 Å². The number of benzene rings is 2. The van der Waals surface area contributed by atoms with Crippen molar-refractivity contribution in [1.29, 1.82) is 0 Å². The number of carbonyl (C=O) groups is 1. The lowest BCUT2D eigenvalue weighted by Crippen LogP contribution is -2.21. The first-order valence-electron chi connectivity index (χ1n) is 7.91. The van der Waals surface area contributed by atoms with Gasteiger partial charge in [-0.1, -0.05) is 17.3 Å². The van der Waals surface area contributed by atoms with Gasteiger partial charge in [0, 0.05) is 18.6 Å². The van der Waals surface area contributed by atoms with Crippen LogP contribution in [-0.2, 0) is 11.3 Å². The summed E-state index contributed by atoms with van der Waals surface area (Å²) in [7, 11) is 0. The van der Waals surface area contributed by atoms with E-state index in [1.165, 1.54) is 12.1 Å². The average molecular weight is 352 g/mol. The molecule has 1 N–H and O–H groups in total. The van der Waals surface area contributed by atoms with E-state index in [1.807, 2.05) is 24.3 Å². The zero-order valence-corrected chi connectivity index (χ0v) is 14.0. The molecule has 3 rings (SSSR count). The first kappa shape index (κ1) is 17.2. The maximum Gasteiger partial charge on any atom is 0.269 e. The molecule has 0 bridgehead atoms. The zero-order chi connectivity index (χ0) is 18.5. The van der Waals surface area contributed by atoms with Crippen molar-refractivity contribution >= 4 is 28.3 Å². The van der Waals surface area contributed by atoms with Gasteiger partial charge >= 0.3 is 0 Å². The normalized spacial score (nSPS) is 11.5. The third-order valence-electron chi connectivity index (χ3n) is 3.82. The molecule has 0 radical (unpaired) electrons. The lowest BCUT2D eigenvalue weighted by Gasteiger charge is -2.04. The van der Waals surface area contributed by atoms with E-state index in [9.17, 15) is 14.9 Å². The number of nitrogens with one attached hydrogen (secondary N) is 1. The summed E-state index contributed by atoms with van der Waals surface area (Å²) in [5.74, 6) is -0.258. The quantitative estimate of drug-likeness (QED) is 0.415. The maximum atomic E-state index is 12.0. The third kappa shape index (κ3) is 3.89. The molecule has 0 saturated carbocycles. The van der Waals surface area contributed by atoms with Crippen molar-refractivity contribution in [2.75, 3.05) is 0 Å². The third-order valence-corrected chi connectivity index (χ3v) is 3.82. The van der Waals surface area contributed by atoms with E-state index in [-0.39, 0.29) is 18.0 Å². The Hall–Kier alpha value is -3.62. The molecule has 132 valence electrons. The van der Waals surface area contributed by atoms with Crippen LogP contribution in [0.15, 0.2) is 53.6 Å². The molecule has 0 fully saturated rings. The van der Waals surface area contributed by atoms with Gasteiger partial charge in [0.15, 0.2) is 0 Å². The number of aromatic nitrogens is 3. The predicted molar refractivity (Wildman–Crippen MR) is 95.6 cm³/mol. The molecule has 0 aliphatic carbocycles. The summed E-state index contributed by atoms with van der Waals surface area (Å²) in [6.45, 7) is 2.10. The molecule has 0 spiro atoms. The van der Waals surface area contributed by atoms with Gasteiger partial charge in [-0.3, -0.25) is 14.9 Å². The molecule has 0 unspecified atom stereocenters. The number of nitro benzene ring substituents is 1. The van der Waals surface area contributed by atoms with E-state index in [0.717, 1.165) is 11.0 Å². The fraction of sp³-hybridized carbons (Fsp3) is 0.176. The molecule has 1 aromatic heterocycles. The van der Waals surface area contributed by atoms with Crippen molar-refractivity contribution in [3.63, 3.8) is 0 Å². The summed E-state index contributed by atoms with van der Waals surface area (Å²) in [6.07, 6.45) is 0.199. The molecule has 2 aromatic carbocycles. The molecule has 1 amide bonds. The second-order valence-electron chi connectivity index (χ2n) is 5.59. The van der Waals surface area contributed by atoms with Crippen LogP contribution in [0.4, 0.5) is 5.69 Å². The van der Waals surface area contributed by atoms with Gasteiger partial charge in [0.05, 0.1) is 22.7 Å². The molecule has 0 atom stereocenters. The Kier molecular flexibility index (Phi) is 4.97. The van der Waals surface area contributed by atoms with Gasteiger partial charge in [-0.25, -0.2) is 10.1 Å². The Morgan fingerprint density at radius 1 is 1.23 bits per heavy atom. The van der Waals surface area contributed by atoms with Crippen LogP contribution in [0.2, 0.25) is 0 Å². The number of hydrogen-bond donors (Lipinski definition) is 1. The molecule has 0 aliphatic heterocycles. The number of fused-ring (bicyclic) bond motifs is 1. The second kappa shape index (κ2) is 7.51. The highest BCUT2D eigenvalue weighted by atomic mass is 16.6. The number of aryl methyl sites for hydroxylation is 1. The average Bonchev–Trinajstić information content (AvgIpc) is 3.07. The molecular weight excluding hydrogens is 336 g/mol. The highest BCUT2D eigenvalue weighted by molar-refractivity contribution is 5.99. The summed E-state index contributed by atoms with van der Waals surface area (Å²) in [6, 6.07) is 13.5. The number of hydrazone groups is 1. The highest BCUT2D eigenvalue weighted by Crippen LogP contribution is 2.12. The smallest absolute Gasteiger partial charge is 0.269 e. The van der Waals surface area contributed by atoms with Crippen LogP contribution in [0.3, 0.4) is 0 Å². The van der Waals surface area contributed by atoms with Gasteiger partial charge in [-0.2, -0.15) is 5.10 Å². The first-order valence-corrected chi connectivity index (χ1v) is 7.91. The van der Waals surface area contributed by atoms with Crippen LogP contribution in [0.5, 0.6) is 0 Å². The van der Waals surface area contributed by atoms with Crippen molar-refractivity contribution in [2.24, 2.45) is 5.10 Å². The lowest BCUT2D eigenvalue weighted by atomic mass is 10.1. The summed E-state index contributed by atoms with van der Waals surface area (Å²) in [5, 5.41) is 22.8. The minimum Gasteiger partial charge on any atom is -0.273 e. The van der Waals surface area contributed by atoms with Gasteiger partial charge in [-0.15, -0.1) is 5.10 Å². The molecule has 0 aliphatic rings. The summed E-state index contributed by atoms with van der Waals surface area (Å²) in [4.78, 5) is 22.2. The first-order chi connectivity index (χ1) is 12.5. The number of para-hydroxylation sites is 1. The number of hydrogen-bond acceptors (Lipinski definition) is 6. The Morgan fingerprint density at radius 2 is 1.96 bits per heavy atom. The van der Waals surface area contributed by atoms with Crippen molar-refractivity contribution in [2.45, 2.75) is 19.9 Å². The van der Waals surface area contributed by atoms with Crippen LogP contribution < -0.4 is 5.43 Å². The van der Waals surface area contributed by atoms with Gasteiger partial charge in [0.1, 0.15) is 5.52 Å². The van der Waals surface area contributed by atoms with Crippen molar-refractivity contribution < 1.29 is 9.72 Å². The monoisotopic (exact) mass is 352 g/mol. The Bertz CT molecular complexity index is 978. The highest BCUT2D eigenvalue weighted by Gasteiger charge is 2.08. The number of nitro groups is 1. The largest absolute Gasteiger partial charge is 0.273 e. The molecule has 3 aromatic rings. The van der Waals surface area contributed by atoms with Crippen LogP contribution in [-0.4, -0.2) is 31.5 Å². The summed E-state index contributed by atoms with van der Waals surface area (Å²) < 4.78 is 1.67. The standard InChI is InChI=1S/C17H16N6O3/c1-12(13-6-8-14(9-7-13)23(25)26)18-20-17(24)10-11-22-16-5-3-2-4-15(16)19-21-22/h2-9H,10-11H2,1H3,(H,20,24)/b18-12+. The van der Waals surface area contributed by atoms with Gasteiger partial charge in [0.25, 0.3) is 5.69 Å². The number of non-ortho nitro benzene ring substituents is 1. The number of rotatable bonds is 6. The number of amides is 1. The molecule has 9 nitrogen and oxygen atoms in total. The number of nitrogens with zero attached hydrogens (tertiary/aromatic N) is 5. The predicted octanol–water partition coefficient (Wildman–Crippen LogP) is 2.27.